The molecule has 0 spiro atoms. The van der Waals surface area contributed by atoms with Crippen LogP contribution in [0.25, 0.3) is 11.1 Å². The number of pyridine rings is 1. The zero-order valence-corrected chi connectivity index (χ0v) is 18.1. The average molecular weight is 401 g/mol. The van der Waals surface area contributed by atoms with Gasteiger partial charge in [0.05, 0.1) is 0 Å². The van der Waals surface area contributed by atoms with E-state index in [2.05, 4.69) is 71.8 Å². The molecule has 2 heterocycles. The Morgan fingerprint density at radius 2 is 1.97 bits per heavy atom. The Morgan fingerprint density at radius 1 is 1.07 bits per heavy atom. The van der Waals surface area contributed by atoms with Crippen molar-refractivity contribution in [3.63, 3.8) is 0 Å². The van der Waals surface area contributed by atoms with Crippen molar-refractivity contribution in [1.29, 1.82) is 0 Å². The average Bonchev–Trinajstić information content (AvgIpc) is 2.80. The van der Waals surface area contributed by atoms with Gasteiger partial charge < -0.3 is 10.1 Å². The molecule has 3 aromatic rings. The summed E-state index contributed by atoms with van der Waals surface area (Å²) >= 11 is 0. The number of ether oxygens (including phenoxy) is 1. The van der Waals surface area contributed by atoms with Crippen molar-refractivity contribution in [3.8, 4) is 11.1 Å². The number of aryl methyl sites for hydroxylation is 2. The van der Waals surface area contributed by atoms with Crippen molar-refractivity contribution in [3.05, 3.63) is 89.2 Å². The number of rotatable bonds is 7. The second-order valence-corrected chi connectivity index (χ2v) is 8.32. The molecule has 2 atom stereocenters. The van der Waals surface area contributed by atoms with Crippen molar-refractivity contribution < 1.29 is 4.74 Å². The minimum Gasteiger partial charge on any atom is -0.385 e. The molecule has 1 N–H and O–H groups in total. The molecule has 1 fully saturated rings. The monoisotopic (exact) mass is 400 g/mol. The summed E-state index contributed by atoms with van der Waals surface area (Å²) in [4.78, 5) is 4.38. The van der Waals surface area contributed by atoms with Crippen LogP contribution in [-0.2, 0) is 11.2 Å². The van der Waals surface area contributed by atoms with E-state index in [0.29, 0.717) is 11.8 Å². The summed E-state index contributed by atoms with van der Waals surface area (Å²) in [6.07, 6.45) is 7.15. The third-order valence-corrected chi connectivity index (χ3v) is 6.39. The molecule has 0 bridgehead atoms. The van der Waals surface area contributed by atoms with E-state index < -0.39 is 0 Å². The molecule has 0 aliphatic carbocycles. The number of nitrogens with zero attached hydrogens (tertiary/aromatic N) is 1. The Hall–Kier alpha value is -2.49. The first-order valence-electron chi connectivity index (χ1n) is 11.1. The van der Waals surface area contributed by atoms with Crippen LogP contribution in [0.5, 0.6) is 0 Å². The van der Waals surface area contributed by atoms with Gasteiger partial charge in [-0.25, -0.2) is 0 Å². The smallest absolute Gasteiger partial charge is 0.0465 e. The highest BCUT2D eigenvalue weighted by Gasteiger charge is 2.29. The zero-order chi connectivity index (χ0) is 20.8. The molecule has 1 aliphatic heterocycles. The van der Waals surface area contributed by atoms with Crippen LogP contribution in [0.2, 0.25) is 0 Å². The SMILES string of the molecule is COCCCc1ccccc1-c1ccc([C@@H]2CNCC[C@H]2c2cccnc2)c(C)c1. The summed E-state index contributed by atoms with van der Waals surface area (Å²) in [5.74, 6) is 1.000. The summed E-state index contributed by atoms with van der Waals surface area (Å²) < 4.78 is 5.25. The Labute approximate surface area is 180 Å². The summed E-state index contributed by atoms with van der Waals surface area (Å²) in [7, 11) is 1.77. The lowest BCUT2D eigenvalue weighted by atomic mass is 9.76. The number of benzene rings is 2. The van der Waals surface area contributed by atoms with E-state index >= 15 is 0 Å². The lowest BCUT2D eigenvalue weighted by molar-refractivity contribution is 0.195. The number of nitrogens with one attached hydrogen (secondary N) is 1. The fourth-order valence-electron chi connectivity index (χ4n) is 4.87. The van der Waals surface area contributed by atoms with Crippen LogP contribution >= 0.6 is 0 Å². The first-order chi connectivity index (χ1) is 14.8. The highest BCUT2D eigenvalue weighted by molar-refractivity contribution is 5.68. The first-order valence-corrected chi connectivity index (χ1v) is 11.1. The van der Waals surface area contributed by atoms with Gasteiger partial charge in [-0.05, 0) is 78.1 Å². The highest BCUT2D eigenvalue weighted by Crippen LogP contribution is 2.39. The van der Waals surface area contributed by atoms with E-state index in [1.54, 1.807) is 7.11 Å². The van der Waals surface area contributed by atoms with Gasteiger partial charge in [-0.2, -0.15) is 0 Å². The molecule has 1 saturated heterocycles. The number of methoxy groups -OCH3 is 1. The van der Waals surface area contributed by atoms with Crippen molar-refractivity contribution in [2.24, 2.45) is 0 Å². The number of hydrogen-bond acceptors (Lipinski definition) is 3. The summed E-state index contributed by atoms with van der Waals surface area (Å²) in [6.45, 7) is 5.16. The molecule has 4 rings (SSSR count). The molecular formula is C27H32N2O. The molecule has 3 nitrogen and oxygen atoms in total. The van der Waals surface area contributed by atoms with Gasteiger partial charge in [0.15, 0.2) is 0 Å². The van der Waals surface area contributed by atoms with Gasteiger partial charge >= 0.3 is 0 Å². The summed E-state index contributed by atoms with van der Waals surface area (Å²) in [6, 6.07) is 20.1. The maximum atomic E-state index is 5.25. The van der Waals surface area contributed by atoms with Crippen molar-refractivity contribution in [1.82, 2.24) is 10.3 Å². The van der Waals surface area contributed by atoms with E-state index in [4.69, 9.17) is 4.74 Å². The predicted molar refractivity (Wildman–Crippen MR) is 124 cm³/mol. The van der Waals surface area contributed by atoms with Gasteiger partial charge in [0.1, 0.15) is 0 Å². The number of aromatic nitrogens is 1. The van der Waals surface area contributed by atoms with Crippen LogP contribution in [0.1, 0.15) is 46.9 Å². The largest absolute Gasteiger partial charge is 0.385 e. The second kappa shape index (κ2) is 10.0. The third-order valence-electron chi connectivity index (χ3n) is 6.39. The highest BCUT2D eigenvalue weighted by atomic mass is 16.5. The van der Waals surface area contributed by atoms with E-state index in [1.165, 1.54) is 33.4 Å². The minimum atomic E-state index is 0.481. The van der Waals surface area contributed by atoms with Gasteiger partial charge in [0.2, 0.25) is 0 Å². The topological polar surface area (TPSA) is 34.1 Å². The molecule has 2 aromatic carbocycles. The molecule has 0 amide bonds. The normalized spacial score (nSPS) is 19.0. The standard InChI is InChI=1S/C27H32N2O/c1-20-17-22(25-10-4-3-7-21(25)9-6-16-30-2)11-12-24(20)27-19-29-15-13-26(27)23-8-5-14-28-18-23/h3-5,7-8,10-12,14,17-18,26-27,29H,6,9,13,15-16,19H2,1-2H3/t26-,27-/m0/s1. The van der Waals surface area contributed by atoms with Gasteiger partial charge in [0, 0.05) is 38.6 Å². The second-order valence-electron chi connectivity index (χ2n) is 8.32. The molecule has 0 radical (unpaired) electrons. The van der Waals surface area contributed by atoms with Gasteiger partial charge in [-0.1, -0.05) is 48.5 Å². The van der Waals surface area contributed by atoms with Crippen LogP contribution in [0, 0.1) is 6.92 Å². The molecule has 156 valence electrons. The van der Waals surface area contributed by atoms with Gasteiger partial charge in [-0.3, -0.25) is 4.98 Å². The molecule has 30 heavy (non-hydrogen) atoms. The van der Waals surface area contributed by atoms with E-state index in [0.717, 1.165) is 39.0 Å². The van der Waals surface area contributed by atoms with Crippen LogP contribution in [0.15, 0.2) is 67.0 Å². The van der Waals surface area contributed by atoms with Crippen molar-refractivity contribution >= 4 is 0 Å². The van der Waals surface area contributed by atoms with Crippen molar-refractivity contribution in [2.45, 2.75) is 38.0 Å². The maximum absolute atomic E-state index is 5.25. The zero-order valence-electron chi connectivity index (χ0n) is 18.1. The Kier molecular flexibility index (Phi) is 6.93. The lowest BCUT2D eigenvalue weighted by Crippen LogP contribution is -2.34. The van der Waals surface area contributed by atoms with E-state index in [-0.39, 0.29) is 0 Å². The van der Waals surface area contributed by atoms with Crippen LogP contribution < -0.4 is 5.32 Å². The fourth-order valence-corrected chi connectivity index (χ4v) is 4.87. The molecule has 0 saturated carbocycles. The maximum Gasteiger partial charge on any atom is 0.0465 e. The molecule has 1 aliphatic rings. The Morgan fingerprint density at radius 3 is 2.77 bits per heavy atom. The molecule has 1 aromatic heterocycles. The quantitative estimate of drug-likeness (QED) is 0.532. The third kappa shape index (κ3) is 4.63. The van der Waals surface area contributed by atoms with Crippen molar-refractivity contribution in [2.75, 3.05) is 26.8 Å². The molecule has 0 unspecified atom stereocenters. The Bertz CT molecular complexity index is 954. The van der Waals surface area contributed by atoms with Crippen LogP contribution in [-0.4, -0.2) is 31.8 Å². The van der Waals surface area contributed by atoms with Crippen LogP contribution in [0.3, 0.4) is 0 Å². The molecule has 3 heteroatoms. The van der Waals surface area contributed by atoms with E-state index in [1.807, 2.05) is 12.4 Å². The number of hydrogen-bond donors (Lipinski definition) is 1. The van der Waals surface area contributed by atoms with Crippen LogP contribution in [0.4, 0.5) is 0 Å². The van der Waals surface area contributed by atoms with Gasteiger partial charge in [-0.15, -0.1) is 0 Å². The van der Waals surface area contributed by atoms with E-state index in [9.17, 15) is 0 Å². The lowest BCUT2D eigenvalue weighted by Gasteiger charge is -2.34. The Balaban J connectivity index is 1.62. The minimum absolute atomic E-state index is 0.481. The predicted octanol–water partition coefficient (Wildman–Crippen LogP) is 5.50. The first kappa shape index (κ1) is 20.8. The summed E-state index contributed by atoms with van der Waals surface area (Å²) in [5.41, 5.74) is 8.24. The summed E-state index contributed by atoms with van der Waals surface area (Å²) in [5, 5.41) is 3.61. The number of piperidine rings is 1. The molecular weight excluding hydrogens is 368 g/mol. The van der Waals surface area contributed by atoms with Gasteiger partial charge in [0.25, 0.3) is 0 Å². The fraction of sp³-hybridized carbons (Fsp3) is 0.370.